The molecule has 4 rings (SSSR count). The lowest BCUT2D eigenvalue weighted by Crippen LogP contribution is -2.19. The number of carbonyl (C=O) groups excluding carboxylic acids is 1. The van der Waals surface area contributed by atoms with E-state index in [1.54, 1.807) is 26.4 Å². The number of methoxy groups -OCH3 is 2. The topological polar surface area (TPSA) is 97.4 Å². The molecular formula is C24H21ClFN5O3. The van der Waals surface area contributed by atoms with Crippen LogP contribution in [0.4, 0.5) is 26.4 Å². The Bertz CT molecular complexity index is 1350. The molecule has 0 spiro atoms. The molecule has 1 aromatic heterocycles. The molecule has 0 aliphatic rings. The van der Waals surface area contributed by atoms with E-state index in [4.69, 9.17) is 21.1 Å². The van der Waals surface area contributed by atoms with Crippen LogP contribution in [0.5, 0.6) is 11.5 Å². The van der Waals surface area contributed by atoms with Crippen LogP contribution in [0.1, 0.15) is 5.56 Å². The molecule has 3 aromatic carbocycles. The van der Waals surface area contributed by atoms with E-state index in [0.29, 0.717) is 40.8 Å². The normalized spacial score (nSPS) is 10.6. The van der Waals surface area contributed by atoms with Crippen molar-refractivity contribution in [1.29, 1.82) is 0 Å². The highest BCUT2D eigenvalue weighted by Crippen LogP contribution is 2.33. The van der Waals surface area contributed by atoms with Gasteiger partial charge < -0.3 is 25.4 Å². The molecule has 0 aliphatic carbocycles. The maximum atomic E-state index is 13.3. The van der Waals surface area contributed by atoms with Crippen molar-refractivity contribution in [2.75, 3.05) is 30.2 Å². The van der Waals surface area contributed by atoms with Crippen LogP contribution in [0.15, 0.2) is 60.9 Å². The summed E-state index contributed by atoms with van der Waals surface area (Å²) in [7, 11) is 3.14. The second-order valence-electron chi connectivity index (χ2n) is 7.21. The zero-order chi connectivity index (χ0) is 24.1. The minimum Gasteiger partial charge on any atom is -0.493 e. The Balaban J connectivity index is 1.45. The number of hydrogen-bond acceptors (Lipinski definition) is 6. The number of nitrogens with one attached hydrogen (secondary N) is 3. The van der Waals surface area contributed by atoms with Gasteiger partial charge in [-0.25, -0.2) is 19.2 Å². The molecule has 0 saturated carbocycles. The number of aromatic nitrogens is 2. The fourth-order valence-electron chi connectivity index (χ4n) is 3.34. The maximum Gasteiger partial charge on any atom is 0.323 e. The van der Waals surface area contributed by atoms with Crippen molar-refractivity contribution in [2.24, 2.45) is 0 Å². The van der Waals surface area contributed by atoms with Gasteiger partial charge in [0.1, 0.15) is 18.0 Å². The smallest absolute Gasteiger partial charge is 0.323 e. The fraction of sp³-hybridized carbons (Fsp3) is 0.125. The average Bonchev–Trinajstić information content (AvgIpc) is 2.84. The third-order valence-corrected chi connectivity index (χ3v) is 5.25. The van der Waals surface area contributed by atoms with Gasteiger partial charge in [0.05, 0.1) is 24.8 Å². The summed E-state index contributed by atoms with van der Waals surface area (Å²) in [5, 5.41) is 9.38. The van der Waals surface area contributed by atoms with Gasteiger partial charge in [-0.1, -0.05) is 23.7 Å². The summed E-state index contributed by atoms with van der Waals surface area (Å²) >= 11 is 5.76. The Morgan fingerprint density at radius 3 is 2.44 bits per heavy atom. The van der Waals surface area contributed by atoms with E-state index in [1.165, 1.54) is 24.5 Å². The van der Waals surface area contributed by atoms with Crippen LogP contribution >= 0.6 is 11.6 Å². The van der Waals surface area contributed by atoms with Crippen LogP contribution in [-0.2, 0) is 6.54 Å². The molecule has 3 N–H and O–H groups in total. The average molecular weight is 482 g/mol. The van der Waals surface area contributed by atoms with Gasteiger partial charge in [-0.3, -0.25) is 0 Å². The number of nitrogens with zero attached hydrogens (tertiary/aromatic N) is 2. The molecule has 2 amide bonds. The second kappa shape index (κ2) is 10.2. The van der Waals surface area contributed by atoms with Crippen molar-refractivity contribution in [3.8, 4) is 11.5 Å². The van der Waals surface area contributed by atoms with Crippen LogP contribution in [0.25, 0.3) is 10.9 Å². The quantitative estimate of drug-likeness (QED) is 0.313. The molecule has 34 heavy (non-hydrogen) atoms. The predicted octanol–water partition coefficient (Wildman–Crippen LogP) is 5.70. The number of hydrogen-bond donors (Lipinski definition) is 3. The zero-order valence-electron chi connectivity index (χ0n) is 18.4. The first-order valence-electron chi connectivity index (χ1n) is 10.2. The molecule has 0 unspecified atom stereocenters. The van der Waals surface area contributed by atoms with Crippen molar-refractivity contribution in [2.45, 2.75) is 6.54 Å². The number of urea groups is 1. The third kappa shape index (κ3) is 5.26. The highest BCUT2D eigenvalue weighted by Gasteiger charge is 2.11. The van der Waals surface area contributed by atoms with Gasteiger partial charge >= 0.3 is 6.03 Å². The number of ether oxygens (including phenoxy) is 2. The van der Waals surface area contributed by atoms with E-state index in [0.717, 1.165) is 10.9 Å². The SMILES string of the molecule is COc1cc2ncnc(NCc3cccc(NC(=O)Nc4ccc(F)c(Cl)c4)c3)c2cc1OC. The van der Waals surface area contributed by atoms with Gasteiger partial charge in [0, 0.05) is 29.4 Å². The van der Waals surface area contributed by atoms with Crippen molar-refractivity contribution in [1.82, 2.24) is 9.97 Å². The molecule has 0 bridgehead atoms. The van der Waals surface area contributed by atoms with Gasteiger partial charge in [0.2, 0.25) is 0 Å². The number of benzene rings is 3. The molecule has 8 nitrogen and oxygen atoms in total. The maximum absolute atomic E-state index is 13.3. The van der Waals surface area contributed by atoms with E-state index in [9.17, 15) is 9.18 Å². The van der Waals surface area contributed by atoms with Crippen molar-refractivity contribution < 1.29 is 18.7 Å². The molecule has 1 heterocycles. The Kier molecular flexibility index (Phi) is 6.93. The van der Waals surface area contributed by atoms with Crippen LogP contribution in [0.2, 0.25) is 5.02 Å². The molecule has 174 valence electrons. The molecule has 0 saturated heterocycles. The Morgan fingerprint density at radius 2 is 1.71 bits per heavy atom. The number of amides is 2. The first kappa shape index (κ1) is 23.1. The lowest BCUT2D eigenvalue weighted by Gasteiger charge is -2.13. The summed E-state index contributed by atoms with van der Waals surface area (Å²) in [6, 6.07) is 14.4. The largest absolute Gasteiger partial charge is 0.493 e. The summed E-state index contributed by atoms with van der Waals surface area (Å²) in [6.07, 6.45) is 1.47. The summed E-state index contributed by atoms with van der Waals surface area (Å²) in [6.45, 7) is 0.450. The predicted molar refractivity (Wildman–Crippen MR) is 130 cm³/mol. The Morgan fingerprint density at radius 1 is 0.971 bits per heavy atom. The number of halogens is 2. The summed E-state index contributed by atoms with van der Waals surface area (Å²) in [5.41, 5.74) is 2.59. The number of rotatable bonds is 7. The van der Waals surface area contributed by atoms with Crippen LogP contribution in [-0.4, -0.2) is 30.2 Å². The summed E-state index contributed by atoms with van der Waals surface area (Å²) in [4.78, 5) is 21.0. The fourth-order valence-corrected chi connectivity index (χ4v) is 3.52. The molecule has 0 fully saturated rings. The van der Waals surface area contributed by atoms with Crippen molar-refractivity contribution in [3.05, 3.63) is 77.3 Å². The number of carbonyl (C=O) groups is 1. The van der Waals surface area contributed by atoms with E-state index >= 15 is 0 Å². The lowest BCUT2D eigenvalue weighted by atomic mass is 10.1. The highest BCUT2D eigenvalue weighted by atomic mass is 35.5. The third-order valence-electron chi connectivity index (χ3n) is 4.96. The number of fused-ring (bicyclic) bond motifs is 1. The van der Waals surface area contributed by atoms with Gasteiger partial charge in [0.25, 0.3) is 0 Å². The van der Waals surface area contributed by atoms with Crippen LogP contribution < -0.4 is 25.4 Å². The lowest BCUT2D eigenvalue weighted by molar-refractivity contribution is 0.262. The molecule has 10 heteroatoms. The first-order valence-corrected chi connectivity index (χ1v) is 10.6. The van der Waals surface area contributed by atoms with Gasteiger partial charge in [0.15, 0.2) is 11.5 Å². The van der Waals surface area contributed by atoms with E-state index in [1.807, 2.05) is 24.3 Å². The standard InChI is InChI=1S/C24H21ClFN5O3/c1-33-21-10-17-20(11-22(21)34-2)28-13-29-23(17)27-12-14-4-3-5-15(8-14)30-24(32)31-16-6-7-19(26)18(25)9-16/h3-11,13H,12H2,1-2H3,(H,27,28,29)(H2,30,31,32). The molecule has 0 aliphatic heterocycles. The van der Waals surface area contributed by atoms with Crippen LogP contribution in [0.3, 0.4) is 0 Å². The summed E-state index contributed by atoms with van der Waals surface area (Å²) < 4.78 is 24.0. The number of anilines is 3. The van der Waals surface area contributed by atoms with E-state index in [2.05, 4.69) is 25.9 Å². The van der Waals surface area contributed by atoms with Crippen molar-refractivity contribution >= 4 is 45.7 Å². The highest BCUT2D eigenvalue weighted by molar-refractivity contribution is 6.31. The van der Waals surface area contributed by atoms with Crippen LogP contribution in [0, 0.1) is 5.82 Å². The van der Waals surface area contributed by atoms with E-state index in [-0.39, 0.29) is 5.02 Å². The monoisotopic (exact) mass is 481 g/mol. The van der Waals surface area contributed by atoms with Gasteiger partial charge in [-0.2, -0.15) is 0 Å². The minimum absolute atomic E-state index is 0.0702. The minimum atomic E-state index is -0.554. The molecular weight excluding hydrogens is 461 g/mol. The van der Waals surface area contributed by atoms with Gasteiger partial charge in [-0.05, 0) is 42.0 Å². The van der Waals surface area contributed by atoms with Gasteiger partial charge in [-0.15, -0.1) is 0 Å². The Labute approximate surface area is 200 Å². The molecule has 4 aromatic rings. The Hall–Kier alpha value is -4.11. The molecule has 0 atom stereocenters. The van der Waals surface area contributed by atoms with Crippen molar-refractivity contribution in [3.63, 3.8) is 0 Å². The zero-order valence-corrected chi connectivity index (χ0v) is 19.1. The summed E-state index contributed by atoms with van der Waals surface area (Å²) in [5.74, 6) is 1.24. The molecule has 0 radical (unpaired) electrons. The first-order chi connectivity index (χ1) is 16.5. The second-order valence-corrected chi connectivity index (χ2v) is 7.62. The van der Waals surface area contributed by atoms with E-state index < -0.39 is 11.8 Å².